The van der Waals surface area contributed by atoms with E-state index in [0.717, 1.165) is 0 Å². The molecule has 1 atom stereocenters. The monoisotopic (exact) mass is 246 g/mol. The molecule has 1 unspecified atom stereocenters. The van der Waals surface area contributed by atoms with Crippen molar-refractivity contribution in [2.75, 3.05) is 6.54 Å². The van der Waals surface area contributed by atoms with E-state index >= 15 is 0 Å². The summed E-state index contributed by atoms with van der Waals surface area (Å²) in [5.74, 6) is -1.33. The molecule has 6 heteroatoms. The van der Waals surface area contributed by atoms with Crippen LogP contribution in [0.4, 0.5) is 4.39 Å². The van der Waals surface area contributed by atoms with Gasteiger partial charge in [0.1, 0.15) is 11.9 Å². The molecule has 0 aromatic heterocycles. The number of hydrogen-bond donors (Lipinski definition) is 3. The fourth-order valence-electron chi connectivity index (χ4n) is 1.13. The molecular formula is C10H12ClFN2O2. The highest BCUT2D eigenvalue weighted by atomic mass is 35.5. The quantitative estimate of drug-likeness (QED) is 0.705. The summed E-state index contributed by atoms with van der Waals surface area (Å²) in [5, 5.41) is 11.8. The van der Waals surface area contributed by atoms with Gasteiger partial charge >= 0.3 is 0 Å². The van der Waals surface area contributed by atoms with Gasteiger partial charge in [-0.25, -0.2) is 4.39 Å². The summed E-state index contributed by atoms with van der Waals surface area (Å²) in [4.78, 5) is 10.5. The Bertz CT molecular complexity index is 387. The van der Waals surface area contributed by atoms with Crippen LogP contribution in [0.2, 0.25) is 5.02 Å². The molecule has 0 spiro atoms. The number of carbonyl (C=O) groups is 1. The number of aliphatic hydroxyl groups is 1. The first kappa shape index (κ1) is 12.9. The summed E-state index contributed by atoms with van der Waals surface area (Å²) in [5.41, 5.74) is 5.21. The molecule has 1 aromatic carbocycles. The van der Waals surface area contributed by atoms with E-state index < -0.39 is 17.8 Å². The molecule has 0 fully saturated rings. The third-order valence-corrected chi connectivity index (χ3v) is 2.31. The van der Waals surface area contributed by atoms with Gasteiger partial charge in [-0.05, 0) is 6.07 Å². The van der Waals surface area contributed by atoms with Gasteiger partial charge in [-0.15, -0.1) is 0 Å². The van der Waals surface area contributed by atoms with Gasteiger partial charge in [-0.2, -0.15) is 0 Å². The SMILES string of the molecule is NC(=O)C(O)CNCc1cccc(Cl)c1F. The Balaban J connectivity index is 2.49. The Kier molecular flexibility index (Phi) is 4.67. The molecule has 0 saturated heterocycles. The second-order valence-electron chi connectivity index (χ2n) is 3.26. The topological polar surface area (TPSA) is 75.4 Å². The number of benzene rings is 1. The van der Waals surface area contributed by atoms with E-state index in [2.05, 4.69) is 5.32 Å². The molecule has 16 heavy (non-hydrogen) atoms. The van der Waals surface area contributed by atoms with Crippen molar-refractivity contribution in [3.63, 3.8) is 0 Å². The minimum atomic E-state index is -1.28. The van der Waals surface area contributed by atoms with Crippen molar-refractivity contribution in [3.8, 4) is 0 Å². The molecule has 0 aliphatic rings. The number of nitrogens with one attached hydrogen (secondary N) is 1. The molecule has 1 rings (SSSR count). The summed E-state index contributed by atoms with van der Waals surface area (Å²) < 4.78 is 13.4. The van der Waals surface area contributed by atoms with Gasteiger partial charge in [0.25, 0.3) is 0 Å². The lowest BCUT2D eigenvalue weighted by atomic mass is 10.2. The highest BCUT2D eigenvalue weighted by Gasteiger charge is 2.11. The third kappa shape index (κ3) is 3.44. The van der Waals surface area contributed by atoms with Gasteiger partial charge < -0.3 is 16.2 Å². The van der Waals surface area contributed by atoms with Crippen LogP contribution in [0.1, 0.15) is 5.56 Å². The molecule has 0 radical (unpaired) electrons. The van der Waals surface area contributed by atoms with Crippen LogP contribution in [-0.2, 0) is 11.3 Å². The van der Waals surface area contributed by atoms with Crippen LogP contribution < -0.4 is 11.1 Å². The van der Waals surface area contributed by atoms with Gasteiger partial charge in [0.15, 0.2) is 0 Å². The van der Waals surface area contributed by atoms with E-state index in [1.54, 1.807) is 12.1 Å². The van der Waals surface area contributed by atoms with Crippen LogP contribution in [0.25, 0.3) is 0 Å². The summed E-state index contributed by atoms with van der Waals surface area (Å²) in [6.07, 6.45) is -1.28. The number of amides is 1. The molecule has 0 aliphatic carbocycles. The number of primary amides is 1. The van der Waals surface area contributed by atoms with E-state index in [1.165, 1.54) is 6.07 Å². The van der Waals surface area contributed by atoms with Crippen LogP contribution in [-0.4, -0.2) is 23.7 Å². The number of aliphatic hydroxyl groups excluding tert-OH is 1. The summed E-state index contributed by atoms with van der Waals surface area (Å²) in [6, 6.07) is 4.62. The number of hydrogen-bond acceptors (Lipinski definition) is 3. The Hall–Kier alpha value is -1.17. The standard InChI is InChI=1S/C10H12ClFN2O2/c11-7-3-1-2-6(9(7)12)4-14-5-8(15)10(13)16/h1-3,8,14-15H,4-5H2,(H2,13,16). The smallest absolute Gasteiger partial charge is 0.247 e. The maximum atomic E-state index is 13.4. The third-order valence-electron chi connectivity index (χ3n) is 2.01. The molecule has 1 aromatic rings. The first-order valence-electron chi connectivity index (χ1n) is 4.63. The van der Waals surface area contributed by atoms with Crippen molar-refractivity contribution in [3.05, 3.63) is 34.6 Å². The summed E-state index contributed by atoms with van der Waals surface area (Å²) >= 11 is 5.58. The molecule has 0 aliphatic heterocycles. The molecule has 88 valence electrons. The number of halogens is 2. The molecule has 0 bridgehead atoms. The minimum absolute atomic E-state index is 0.0265. The fourth-order valence-corrected chi connectivity index (χ4v) is 1.32. The van der Waals surface area contributed by atoms with Gasteiger partial charge in [0.2, 0.25) is 5.91 Å². The molecule has 4 nitrogen and oxygen atoms in total. The van der Waals surface area contributed by atoms with E-state index in [-0.39, 0.29) is 18.1 Å². The molecule has 0 heterocycles. The first-order chi connectivity index (χ1) is 7.52. The first-order valence-corrected chi connectivity index (χ1v) is 5.01. The molecule has 1 amide bonds. The van der Waals surface area contributed by atoms with Gasteiger partial charge in [0.05, 0.1) is 5.02 Å². The maximum absolute atomic E-state index is 13.4. The van der Waals surface area contributed by atoms with E-state index in [0.29, 0.717) is 5.56 Å². The van der Waals surface area contributed by atoms with Crippen molar-refractivity contribution >= 4 is 17.5 Å². The zero-order chi connectivity index (χ0) is 12.1. The second kappa shape index (κ2) is 5.79. The molecule has 4 N–H and O–H groups in total. The van der Waals surface area contributed by atoms with E-state index in [1.807, 2.05) is 0 Å². The van der Waals surface area contributed by atoms with Crippen molar-refractivity contribution in [2.45, 2.75) is 12.6 Å². The lowest BCUT2D eigenvalue weighted by Crippen LogP contribution is -2.37. The maximum Gasteiger partial charge on any atom is 0.247 e. The number of nitrogens with two attached hydrogens (primary N) is 1. The predicted octanol–water partition coefficient (Wildman–Crippen LogP) is 0.415. The Morgan fingerprint density at radius 1 is 1.62 bits per heavy atom. The largest absolute Gasteiger partial charge is 0.382 e. The van der Waals surface area contributed by atoms with Crippen molar-refractivity contribution in [1.82, 2.24) is 5.32 Å². The predicted molar refractivity (Wildman–Crippen MR) is 58.3 cm³/mol. The average Bonchev–Trinajstić information content (AvgIpc) is 2.24. The van der Waals surface area contributed by atoms with Gasteiger partial charge in [-0.3, -0.25) is 4.79 Å². The van der Waals surface area contributed by atoms with Crippen molar-refractivity contribution in [1.29, 1.82) is 0 Å². The van der Waals surface area contributed by atoms with Gasteiger partial charge in [-0.1, -0.05) is 23.7 Å². The van der Waals surface area contributed by atoms with Crippen molar-refractivity contribution in [2.24, 2.45) is 5.73 Å². The Morgan fingerprint density at radius 3 is 2.94 bits per heavy atom. The molecule has 0 saturated carbocycles. The second-order valence-corrected chi connectivity index (χ2v) is 3.67. The van der Waals surface area contributed by atoms with Gasteiger partial charge in [0, 0.05) is 18.7 Å². The summed E-state index contributed by atoms with van der Waals surface area (Å²) in [7, 11) is 0. The minimum Gasteiger partial charge on any atom is -0.382 e. The van der Waals surface area contributed by atoms with Crippen LogP contribution in [0.3, 0.4) is 0 Å². The summed E-state index contributed by atoms with van der Waals surface area (Å²) in [6.45, 7) is 0.137. The highest BCUT2D eigenvalue weighted by molar-refractivity contribution is 6.30. The zero-order valence-electron chi connectivity index (χ0n) is 8.41. The highest BCUT2D eigenvalue weighted by Crippen LogP contribution is 2.17. The Morgan fingerprint density at radius 2 is 2.31 bits per heavy atom. The van der Waals surface area contributed by atoms with Crippen LogP contribution in [0, 0.1) is 5.82 Å². The fraction of sp³-hybridized carbons (Fsp3) is 0.300. The van der Waals surface area contributed by atoms with Crippen LogP contribution in [0.15, 0.2) is 18.2 Å². The van der Waals surface area contributed by atoms with Crippen LogP contribution in [0.5, 0.6) is 0 Å². The normalized spacial score (nSPS) is 12.4. The van der Waals surface area contributed by atoms with E-state index in [4.69, 9.17) is 22.4 Å². The molecular weight excluding hydrogens is 235 g/mol. The number of carbonyl (C=O) groups excluding carboxylic acids is 1. The van der Waals surface area contributed by atoms with E-state index in [9.17, 15) is 9.18 Å². The average molecular weight is 247 g/mol. The van der Waals surface area contributed by atoms with Crippen molar-refractivity contribution < 1.29 is 14.3 Å². The lowest BCUT2D eigenvalue weighted by molar-refractivity contribution is -0.125. The number of rotatable bonds is 5. The zero-order valence-corrected chi connectivity index (χ0v) is 9.17. The Labute approximate surface area is 97.2 Å². The van der Waals surface area contributed by atoms with Crippen LogP contribution >= 0.6 is 11.6 Å². The lowest BCUT2D eigenvalue weighted by Gasteiger charge is -2.09.